The maximum absolute atomic E-state index is 2.60. The zero-order chi connectivity index (χ0) is 9.14. The third kappa shape index (κ3) is 1.64. The van der Waals surface area contributed by atoms with Crippen molar-refractivity contribution in [3.8, 4) is 0 Å². The summed E-state index contributed by atoms with van der Waals surface area (Å²) in [5.74, 6) is 0. The van der Waals surface area contributed by atoms with Gasteiger partial charge in [0.2, 0.25) is 0 Å². The predicted molar refractivity (Wildman–Crippen MR) is 53.2 cm³/mol. The molecule has 0 saturated carbocycles. The molecule has 2 nitrogen and oxygen atoms in total. The molecule has 1 aliphatic rings. The molecule has 2 heteroatoms. The van der Waals surface area contributed by atoms with E-state index in [1.165, 1.54) is 26.1 Å². The van der Waals surface area contributed by atoms with Gasteiger partial charge in [-0.25, -0.2) is 0 Å². The number of hydrogen-bond acceptors (Lipinski definition) is 2. The van der Waals surface area contributed by atoms with Gasteiger partial charge in [0, 0.05) is 12.6 Å². The van der Waals surface area contributed by atoms with Crippen LogP contribution in [-0.2, 0) is 0 Å². The van der Waals surface area contributed by atoms with Crippen LogP contribution in [0.5, 0.6) is 0 Å². The summed E-state index contributed by atoms with van der Waals surface area (Å²) in [6, 6.07) is 0.750. The average Bonchev–Trinajstić information content (AvgIpc) is 2.40. The summed E-state index contributed by atoms with van der Waals surface area (Å²) in [5, 5.41) is 0. The molecule has 1 saturated heterocycles. The van der Waals surface area contributed by atoms with Crippen molar-refractivity contribution in [1.29, 1.82) is 0 Å². The highest BCUT2D eigenvalue weighted by atomic mass is 15.4. The van der Waals surface area contributed by atoms with Crippen LogP contribution in [0.15, 0.2) is 0 Å². The first-order valence-corrected chi connectivity index (χ1v) is 5.24. The van der Waals surface area contributed by atoms with E-state index < -0.39 is 0 Å². The second-order valence-electron chi connectivity index (χ2n) is 3.66. The molecule has 0 amide bonds. The molecule has 1 aliphatic heterocycles. The molecule has 2 unspecified atom stereocenters. The van der Waals surface area contributed by atoms with Gasteiger partial charge in [0.25, 0.3) is 0 Å². The van der Waals surface area contributed by atoms with Gasteiger partial charge in [-0.3, -0.25) is 9.80 Å². The van der Waals surface area contributed by atoms with E-state index in [-0.39, 0.29) is 0 Å². The fourth-order valence-electron chi connectivity index (χ4n) is 2.42. The molecule has 0 spiro atoms. The van der Waals surface area contributed by atoms with Crippen LogP contribution < -0.4 is 0 Å². The van der Waals surface area contributed by atoms with E-state index in [4.69, 9.17) is 0 Å². The minimum Gasteiger partial charge on any atom is -0.287 e. The van der Waals surface area contributed by atoms with E-state index in [1.54, 1.807) is 0 Å². The van der Waals surface area contributed by atoms with Crippen LogP contribution in [0.25, 0.3) is 0 Å². The quantitative estimate of drug-likeness (QED) is 0.637. The molecule has 0 aromatic carbocycles. The Bertz CT molecular complexity index is 136. The summed E-state index contributed by atoms with van der Waals surface area (Å²) in [6.45, 7) is 12.8. The maximum Gasteiger partial charge on any atom is 0.0622 e. The largest absolute Gasteiger partial charge is 0.287 e. The molecule has 0 aromatic heterocycles. The Morgan fingerprint density at radius 1 is 1.17 bits per heavy atom. The molecule has 1 fully saturated rings. The summed E-state index contributed by atoms with van der Waals surface area (Å²) < 4.78 is 0. The van der Waals surface area contributed by atoms with Crippen LogP contribution in [0.1, 0.15) is 34.1 Å². The Morgan fingerprint density at radius 3 is 2.25 bits per heavy atom. The van der Waals surface area contributed by atoms with Gasteiger partial charge in [-0.05, 0) is 26.4 Å². The van der Waals surface area contributed by atoms with Gasteiger partial charge in [0.1, 0.15) is 0 Å². The van der Waals surface area contributed by atoms with E-state index in [2.05, 4.69) is 37.5 Å². The topological polar surface area (TPSA) is 6.48 Å². The van der Waals surface area contributed by atoms with Crippen molar-refractivity contribution in [2.75, 3.05) is 19.6 Å². The molecule has 12 heavy (non-hydrogen) atoms. The summed E-state index contributed by atoms with van der Waals surface area (Å²) in [7, 11) is 0. The number of likely N-dealkylation sites (N-methyl/N-ethyl adjacent to an activating group) is 2. The first-order chi connectivity index (χ1) is 5.74. The third-order valence-corrected chi connectivity index (χ3v) is 3.01. The van der Waals surface area contributed by atoms with Crippen LogP contribution in [0.2, 0.25) is 0 Å². The Labute approximate surface area is 76.5 Å². The predicted octanol–water partition coefficient (Wildman–Crippen LogP) is 1.77. The fraction of sp³-hybridized carbons (Fsp3) is 1.00. The van der Waals surface area contributed by atoms with Crippen molar-refractivity contribution < 1.29 is 0 Å². The Balaban J connectivity index is 2.61. The lowest BCUT2D eigenvalue weighted by Crippen LogP contribution is -2.39. The molecule has 1 heterocycles. The smallest absolute Gasteiger partial charge is 0.0622 e. The van der Waals surface area contributed by atoms with Gasteiger partial charge < -0.3 is 0 Å². The lowest BCUT2D eigenvalue weighted by atomic mass is 10.3. The zero-order valence-electron chi connectivity index (χ0n) is 8.88. The van der Waals surface area contributed by atoms with Crippen molar-refractivity contribution >= 4 is 0 Å². The molecule has 0 radical (unpaired) electrons. The van der Waals surface area contributed by atoms with Crippen LogP contribution in [0, 0.1) is 0 Å². The Morgan fingerprint density at radius 2 is 1.83 bits per heavy atom. The molecular weight excluding hydrogens is 148 g/mol. The number of hydrogen-bond donors (Lipinski definition) is 0. The van der Waals surface area contributed by atoms with Crippen LogP contribution in [0.3, 0.4) is 0 Å². The summed E-state index contributed by atoms with van der Waals surface area (Å²) >= 11 is 0. The minimum atomic E-state index is 0.704. The highest BCUT2D eigenvalue weighted by Gasteiger charge is 2.33. The van der Waals surface area contributed by atoms with Gasteiger partial charge >= 0.3 is 0 Å². The monoisotopic (exact) mass is 170 g/mol. The van der Waals surface area contributed by atoms with E-state index in [0.29, 0.717) is 6.17 Å². The second kappa shape index (κ2) is 4.24. The van der Waals surface area contributed by atoms with Crippen molar-refractivity contribution in [1.82, 2.24) is 9.80 Å². The normalized spacial score (nSPS) is 33.0. The van der Waals surface area contributed by atoms with Gasteiger partial charge in [-0.15, -0.1) is 0 Å². The molecule has 0 bridgehead atoms. The van der Waals surface area contributed by atoms with Crippen molar-refractivity contribution in [2.45, 2.75) is 46.3 Å². The van der Waals surface area contributed by atoms with Crippen LogP contribution >= 0.6 is 0 Å². The van der Waals surface area contributed by atoms with Crippen LogP contribution in [0.4, 0.5) is 0 Å². The van der Waals surface area contributed by atoms with Crippen molar-refractivity contribution in [3.05, 3.63) is 0 Å². The third-order valence-electron chi connectivity index (χ3n) is 3.01. The van der Waals surface area contributed by atoms with Gasteiger partial charge in [0.15, 0.2) is 0 Å². The van der Waals surface area contributed by atoms with Crippen molar-refractivity contribution in [2.24, 2.45) is 0 Å². The lowest BCUT2D eigenvalue weighted by Gasteiger charge is -2.28. The first-order valence-electron chi connectivity index (χ1n) is 5.24. The Hall–Kier alpha value is -0.0800. The molecule has 2 atom stereocenters. The fourth-order valence-corrected chi connectivity index (χ4v) is 2.42. The van der Waals surface area contributed by atoms with E-state index in [1.807, 2.05) is 0 Å². The average molecular weight is 170 g/mol. The van der Waals surface area contributed by atoms with E-state index in [9.17, 15) is 0 Å². The standard InChI is InChI=1S/C10H22N2/c1-5-10-11(6-2)8-9(4)12(10)7-3/h9-10H,5-8H2,1-4H3. The van der Waals surface area contributed by atoms with Gasteiger partial charge in [-0.2, -0.15) is 0 Å². The van der Waals surface area contributed by atoms with Crippen molar-refractivity contribution in [3.63, 3.8) is 0 Å². The minimum absolute atomic E-state index is 0.704. The molecular formula is C10H22N2. The summed E-state index contributed by atoms with van der Waals surface area (Å²) in [4.78, 5) is 5.18. The highest BCUT2D eigenvalue weighted by molar-refractivity contribution is 4.85. The highest BCUT2D eigenvalue weighted by Crippen LogP contribution is 2.21. The molecule has 0 aromatic rings. The summed E-state index contributed by atoms with van der Waals surface area (Å²) in [6.07, 6.45) is 1.96. The lowest BCUT2D eigenvalue weighted by molar-refractivity contribution is 0.129. The molecule has 0 N–H and O–H groups in total. The van der Waals surface area contributed by atoms with Gasteiger partial charge in [-0.1, -0.05) is 20.8 Å². The molecule has 72 valence electrons. The number of rotatable bonds is 3. The van der Waals surface area contributed by atoms with Gasteiger partial charge in [0.05, 0.1) is 6.17 Å². The van der Waals surface area contributed by atoms with E-state index >= 15 is 0 Å². The first kappa shape index (κ1) is 10.0. The zero-order valence-corrected chi connectivity index (χ0v) is 8.88. The van der Waals surface area contributed by atoms with E-state index in [0.717, 1.165) is 6.04 Å². The summed E-state index contributed by atoms with van der Waals surface area (Å²) in [5.41, 5.74) is 0. The van der Waals surface area contributed by atoms with Crippen LogP contribution in [-0.4, -0.2) is 41.6 Å². The molecule has 0 aliphatic carbocycles. The molecule has 1 rings (SSSR count). The number of nitrogens with zero attached hydrogens (tertiary/aromatic N) is 2. The SMILES string of the molecule is CCC1N(CC)CC(C)N1CC. The second-order valence-corrected chi connectivity index (χ2v) is 3.66. The maximum atomic E-state index is 2.60. The Kier molecular flexibility index (Phi) is 3.53.